The molecule has 39 heavy (non-hydrogen) atoms. The molecule has 7 nitrogen and oxygen atoms in total. The van der Waals surface area contributed by atoms with Crippen LogP contribution < -0.4 is 15.6 Å². The monoisotopic (exact) mass is 535 g/mol. The number of nitriles is 1. The highest BCUT2D eigenvalue weighted by atomic mass is 19.4. The predicted molar refractivity (Wildman–Crippen MR) is 139 cm³/mol. The van der Waals surface area contributed by atoms with Gasteiger partial charge in [0.15, 0.2) is 5.72 Å². The lowest BCUT2D eigenvalue weighted by atomic mass is 9.97. The summed E-state index contributed by atoms with van der Waals surface area (Å²) < 4.78 is 50.6. The van der Waals surface area contributed by atoms with Crippen LogP contribution in [-0.4, -0.2) is 30.4 Å². The third kappa shape index (κ3) is 5.63. The average Bonchev–Trinajstić information content (AvgIpc) is 2.94. The minimum atomic E-state index is -5.20. The minimum absolute atomic E-state index is 0.0717. The van der Waals surface area contributed by atoms with Crippen molar-refractivity contribution in [2.45, 2.75) is 25.4 Å². The number of carbonyl (C=O) groups is 1. The van der Waals surface area contributed by atoms with E-state index in [2.05, 4.69) is 11.4 Å². The lowest BCUT2D eigenvalue weighted by Gasteiger charge is -2.31. The van der Waals surface area contributed by atoms with Crippen LogP contribution in [0, 0.1) is 11.3 Å². The molecule has 200 valence electrons. The first kappa shape index (κ1) is 27.4. The molecular weight excluding hydrogens is 511 g/mol. The van der Waals surface area contributed by atoms with E-state index in [1.54, 1.807) is 48.5 Å². The summed E-state index contributed by atoms with van der Waals surface area (Å²) in [7, 11) is 1.50. The number of hydrogen-bond donors (Lipinski definition) is 1. The number of aromatic nitrogens is 1. The number of nitrogens with zero attached hydrogens (tertiary/aromatic N) is 2. The largest absolute Gasteiger partial charge is 0.497 e. The Kier molecular flexibility index (Phi) is 7.74. The highest BCUT2D eigenvalue weighted by molar-refractivity contribution is 5.99. The number of alkyl halides is 3. The van der Waals surface area contributed by atoms with E-state index in [9.17, 15) is 28.0 Å². The van der Waals surface area contributed by atoms with Gasteiger partial charge in [-0.1, -0.05) is 60.7 Å². The molecule has 0 aliphatic heterocycles. The second-order valence-corrected chi connectivity index (χ2v) is 8.78. The van der Waals surface area contributed by atoms with Gasteiger partial charge in [-0.25, -0.2) is 4.79 Å². The maximum atomic E-state index is 13.5. The number of methoxy groups -OCH3 is 1. The Balaban J connectivity index is 1.77. The zero-order valence-corrected chi connectivity index (χ0v) is 21.1. The zero-order chi connectivity index (χ0) is 28.2. The summed E-state index contributed by atoms with van der Waals surface area (Å²) in [4.78, 5) is 25.3. The van der Waals surface area contributed by atoms with Crippen molar-refractivity contribution in [1.82, 2.24) is 9.88 Å². The number of benzene rings is 3. The molecule has 0 unspecified atom stereocenters. The number of rotatable bonds is 8. The molecule has 0 bridgehead atoms. The molecule has 1 N–H and O–H groups in total. The highest BCUT2D eigenvalue weighted by Crippen LogP contribution is 2.33. The zero-order valence-electron chi connectivity index (χ0n) is 21.1. The van der Waals surface area contributed by atoms with Crippen molar-refractivity contribution < 1.29 is 27.4 Å². The van der Waals surface area contributed by atoms with Crippen LogP contribution >= 0.6 is 0 Å². The summed E-state index contributed by atoms with van der Waals surface area (Å²) >= 11 is 0. The third-order valence-corrected chi connectivity index (χ3v) is 6.30. The number of ether oxygens (including phenoxy) is 2. The molecule has 4 aromatic rings. The fourth-order valence-corrected chi connectivity index (χ4v) is 4.38. The van der Waals surface area contributed by atoms with Crippen LogP contribution in [0.4, 0.5) is 13.2 Å². The molecule has 0 saturated heterocycles. The lowest BCUT2D eigenvalue weighted by molar-refractivity contribution is -0.217. The molecule has 0 aliphatic carbocycles. The quantitative estimate of drug-likeness (QED) is 0.249. The van der Waals surface area contributed by atoms with E-state index in [0.29, 0.717) is 27.6 Å². The first-order valence-corrected chi connectivity index (χ1v) is 11.9. The van der Waals surface area contributed by atoms with Gasteiger partial charge in [0, 0.05) is 35.0 Å². The molecular formula is C29H24F3N3O4. The van der Waals surface area contributed by atoms with Gasteiger partial charge >= 0.3 is 12.1 Å². The Morgan fingerprint density at radius 2 is 1.64 bits per heavy atom. The summed E-state index contributed by atoms with van der Waals surface area (Å²) in [6, 6.07) is 24.0. The smallest absolute Gasteiger partial charge is 0.491 e. The van der Waals surface area contributed by atoms with Crippen molar-refractivity contribution in [3.05, 3.63) is 100 Å². The van der Waals surface area contributed by atoms with Crippen molar-refractivity contribution >= 4 is 16.7 Å². The molecule has 4 rings (SSSR count). The molecule has 1 heterocycles. The van der Waals surface area contributed by atoms with E-state index in [-0.39, 0.29) is 24.3 Å². The summed E-state index contributed by atoms with van der Waals surface area (Å²) in [5.41, 5.74) is -0.771. The van der Waals surface area contributed by atoms with E-state index in [4.69, 9.17) is 9.47 Å². The molecule has 0 aliphatic rings. The molecule has 0 radical (unpaired) electrons. The van der Waals surface area contributed by atoms with Gasteiger partial charge in [-0.3, -0.25) is 14.7 Å². The number of fused-ring (bicyclic) bond motifs is 1. The number of hydrogen-bond acceptors (Lipinski definition) is 6. The second-order valence-electron chi connectivity index (χ2n) is 8.78. The molecule has 0 amide bonds. The molecule has 0 spiro atoms. The van der Waals surface area contributed by atoms with Gasteiger partial charge in [-0.15, -0.1) is 0 Å². The van der Waals surface area contributed by atoms with E-state index in [1.165, 1.54) is 30.7 Å². The van der Waals surface area contributed by atoms with Gasteiger partial charge in [-0.2, -0.15) is 18.4 Å². The summed E-state index contributed by atoms with van der Waals surface area (Å²) in [6.07, 6.45) is -5.20. The highest BCUT2D eigenvalue weighted by Gasteiger charge is 2.45. The maximum absolute atomic E-state index is 13.5. The Labute approximate surface area is 222 Å². The van der Waals surface area contributed by atoms with Gasteiger partial charge in [0.2, 0.25) is 0 Å². The number of pyridine rings is 1. The fraction of sp³-hybridized carbons (Fsp3) is 0.207. The lowest BCUT2D eigenvalue weighted by Crippen LogP contribution is -2.47. The van der Waals surface area contributed by atoms with Crippen LogP contribution in [0.3, 0.4) is 0 Å². The molecule has 1 atom stereocenters. The number of nitrogens with one attached hydrogen (secondary N) is 1. The van der Waals surface area contributed by atoms with E-state index >= 15 is 0 Å². The third-order valence-electron chi connectivity index (χ3n) is 6.30. The first-order chi connectivity index (χ1) is 18.6. The van der Waals surface area contributed by atoms with Crippen molar-refractivity contribution in [3.63, 3.8) is 0 Å². The Hall–Kier alpha value is -4.62. The van der Waals surface area contributed by atoms with Gasteiger partial charge < -0.3 is 9.47 Å². The van der Waals surface area contributed by atoms with E-state index in [1.807, 2.05) is 18.2 Å². The van der Waals surface area contributed by atoms with Gasteiger partial charge in [0.05, 0.1) is 7.11 Å². The molecule has 3 aromatic carbocycles. The fourth-order valence-electron chi connectivity index (χ4n) is 4.38. The van der Waals surface area contributed by atoms with Crippen LogP contribution in [0.15, 0.2) is 83.7 Å². The Bertz CT molecular complexity index is 1600. The Morgan fingerprint density at radius 3 is 2.23 bits per heavy atom. The summed E-state index contributed by atoms with van der Waals surface area (Å²) in [6.45, 7) is 1.08. The SMILES string of the molecule is COc1ccc2c(=O)n(CCN[C@](C)(OC(=O)C(F)(F)F)c3ccccc3)c(C#N)c(-c3ccccc3)c2c1. The van der Waals surface area contributed by atoms with Gasteiger partial charge in [-0.05, 0) is 30.7 Å². The van der Waals surface area contributed by atoms with Crippen molar-refractivity contribution in [3.8, 4) is 22.9 Å². The first-order valence-electron chi connectivity index (χ1n) is 11.9. The van der Waals surface area contributed by atoms with Gasteiger partial charge in [0.25, 0.3) is 5.56 Å². The van der Waals surface area contributed by atoms with Crippen LogP contribution in [0.5, 0.6) is 5.75 Å². The van der Waals surface area contributed by atoms with Crippen LogP contribution in [0.25, 0.3) is 21.9 Å². The average molecular weight is 536 g/mol. The van der Waals surface area contributed by atoms with E-state index < -0.39 is 23.4 Å². The van der Waals surface area contributed by atoms with Crippen LogP contribution in [-0.2, 0) is 21.8 Å². The topological polar surface area (TPSA) is 93.3 Å². The molecule has 10 heteroatoms. The molecule has 0 fully saturated rings. The number of esters is 1. The van der Waals surface area contributed by atoms with E-state index in [0.717, 1.165) is 0 Å². The van der Waals surface area contributed by atoms with Crippen LogP contribution in [0.2, 0.25) is 0 Å². The van der Waals surface area contributed by atoms with Crippen molar-refractivity contribution in [2.75, 3.05) is 13.7 Å². The van der Waals surface area contributed by atoms with Crippen molar-refractivity contribution in [2.24, 2.45) is 0 Å². The minimum Gasteiger partial charge on any atom is -0.497 e. The maximum Gasteiger partial charge on any atom is 0.491 e. The van der Waals surface area contributed by atoms with Crippen LogP contribution in [0.1, 0.15) is 18.2 Å². The van der Waals surface area contributed by atoms with Crippen molar-refractivity contribution in [1.29, 1.82) is 5.26 Å². The second kappa shape index (κ2) is 11.0. The summed E-state index contributed by atoms with van der Waals surface area (Å²) in [5.74, 6) is -1.85. The normalized spacial score (nSPS) is 12.9. The molecule has 1 aromatic heterocycles. The van der Waals surface area contributed by atoms with Gasteiger partial charge in [0.1, 0.15) is 17.5 Å². The summed E-state index contributed by atoms with van der Waals surface area (Å²) in [5, 5.41) is 13.9. The number of halogens is 3. The molecule has 0 saturated carbocycles. The predicted octanol–water partition coefficient (Wildman–Crippen LogP) is 5.12. The standard InChI is InChI=1S/C29H24F3N3O4/c1-28(20-11-7-4-8-12-20,39-27(37)29(30,31)32)34-15-16-35-24(18-33)25(19-9-5-3-6-10-19)23-17-21(38-2)13-14-22(23)26(35)36/h3-14,17,34H,15-16H2,1-2H3/t28-/m1/s1. The Morgan fingerprint density at radius 1 is 1.00 bits per heavy atom. The number of carbonyl (C=O) groups excluding carboxylic acids is 1.